The van der Waals surface area contributed by atoms with E-state index in [2.05, 4.69) is 59.4 Å². The van der Waals surface area contributed by atoms with E-state index in [-0.39, 0.29) is 0 Å². The zero-order chi connectivity index (χ0) is 11.1. The summed E-state index contributed by atoms with van der Waals surface area (Å²) in [6, 6.07) is 0. The van der Waals surface area contributed by atoms with Crippen LogP contribution in [0.25, 0.3) is 0 Å². The Bertz CT molecular complexity index is 226. The second-order valence-electron chi connectivity index (χ2n) is 4.33. The average Bonchev–Trinajstić information content (AvgIpc) is 2.10. The van der Waals surface area contributed by atoms with E-state index in [1.54, 1.807) is 0 Å². The summed E-state index contributed by atoms with van der Waals surface area (Å²) < 4.78 is 0. The van der Waals surface area contributed by atoms with Crippen LogP contribution in [0.3, 0.4) is 0 Å². The maximum absolute atomic E-state index is 4.03. The first-order valence-electron chi connectivity index (χ1n) is 5.56. The molecule has 0 heteroatoms. The first kappa shape index (κ1) is 13.2. The molecule has 0 amide bonds. The fourth-order valence-corrected chi connectivity index (χ4v) is 1.13. The molecule has 0 unspecified atom stereocenters. The molecule has 0 rings (SSSR count). The summed E-state index contributed by atoms with van der Waals surface area (Å²) in [4.78, 5) is 0. The van der Waals surface area contributed by atoms with Crippen LogP contribution < -0.4 is 0 Å². The smallest absolute Gasteiger partial charge is 0.0222 e. The molecule has 0 aromatic rings. The van der Waals surface area contributed by atoms with Crippen molar-refractivity contribution >= 4 is 0 Å². The van der Waals surface area contributed by atoms with Gasteiger partial charge in [-0.05, 0) is 23.8 Å². The number of rotatable bonds is 5. The van der Waals surface area contributed by atoms with E-state index >= 15 is 0 Å². The van der Waals surface area contributed by atoms with Crippen molar-refractivity contribution in [3.63, 3.8) is 0 Å². The molecule has 14 heavy (non-hydrogen) atoms. The van der Waals surface area contributed by atoms with Crippen molar-refractivity contribution in [3.8, 4) is 0 Å². The van der Waals surface area contributed by atoms with Gasteiger partial charge in [-0.15, -0.1) is 0 Å². The minimum Gasteiger partial charge on any atom is -0.0956 e. The van der Waals surface area contributed by atoms with Gasteiger partial charge in [-0.3, -0.25) is 0 Å². The average molecular weight is 192 g/mol. The van der Waals surface area contributed by atoms with E-state index in [4.69, 9.17) is 0 Å². The van der Waals surface area contributed by atoms with E-state index in [0.29, 0.717) is 11.8 Å². The second kappa shape index (κ2) is 6.64. The van der Waals surface area contributed by atoms with Crippen molar-refractivity contribution in [2.75, 3.05) is 0 Å². The van der Waals surface area contributed by atoms with Gasteiger partial charge >= 0.3 is 0 Å². The fourth-order valence-electron chi connectivity index (χ4n) is 1.13. The fraction of sp³-hybridized carbons (Fsp3) is 0.571. The third kappa shape index (κ3) is 5.06. The number of hydrogen-bond acceptors (Lipinski definition) is 0. The van der Waals surface area contributed by atoms with Gasteiger partial charge in [0.1, 0.15) is 0 Å². The Balaban J connectivity index is 4.45. The van der Waals surface area contributed by atoms with Gasteiger partial charge in [0.25, 0.3) is 0 Å². The summed E-state index contributed by atoms with van der Waals surface area (Å²) in [6.07, 6.45) is 7.74. The minimum absolute atomic E-state index is 0.543. The molecule has 0 nitrogen and oxygen atoms in total. The molecule has 80 valence electrons. The Morgan fingerprint density at radius 2 is 1.64 bits per heavy atom. The number of hydrogen-bond donors (Lipinski definition) is 0. The van der Waals surface area contributed by atoms with Gasteiger partial charge in [0.15, 0.2) is 0 Å². The van der Waals surface area contributed by atoms with Crippen molar-refractivity contribution in [2.45, 2.75) is 41.0 Å². The van der Waals surface area contributed by atoms with Crippen molar-refractivity contribution in [1.29, 1.82) is 0 Å². The van der Waals surface area contributed by atoms with Crippen LogP contribution in [0.2, 0.25) is 0 Å². The zero-order valence-electron chi connectivity index (χ0n) is 10.3. The lowest BCUT2D eigenvalue weighted by Gasteiger charge is -2.07. The SMILES string of the molecule is C=C(/C=C\C(=C/CC)C(C)C)C(C)C. The van der Waals surface area contributed by atoms with E-state index in [9.17, 15) is 0 Å². The summed E-state index contributed by atoms with van der Waals surface area (Å²) in [5.41, 5.74) is 2.61. The monoisotopic (exact) mass is 192 g/mol. The molecule has 0 aliphatic rings. The Kier molecular flexibility index (Phi) is 6.27. The molecular weight excluding hydrogens is 168 g/mol. The summed E-state index contributed by atoms with van der Waals surface area (Å²) in [6.45, 7) is 15.0. The van der Waals surface area contributed by atoms with Crippen LogP contribution in [0, 0.1) is 11.8 Å². The Hall–Kier alpha value is -0.780. The lowest BCUT2D eigenvalue weighted by atomic mass is 9.98. The van der Waals surface area contributed by atoms with Crippen LogP contribution >= 0.6 is 0 Å². The van der Waals surface area contributed by atoms with Crippen LogP contribution in [0.1, 0.15) is 41.0 Å². The first-order valence-corrected chi connectivity index (χ1v) is 5.56. The van der Waals surface area contributed by atoms with Crippen LogP contribution in [-0.2, 0) is 0 Å². The van der Waals surface area contributed by atoms with Gasteiger partial charge in [0, 0.05) is 0 Å². The Morgan fingerprint density at radius 1 is 1.07 bits per heavy atom. The quantitative estimate of drug-likeness (QED) is 0.551. The summed E-state index contributed by atoms with van der Waals surface area (Å²) >= 11 is 0. The van der Waals surface area contributed by atoms with Gasteiger partial charge in [0.2, 0.25) is 0 Å². The molecule has 0 fully saturated rings. The normalized spacial score (nSPS) is 13.2. The van der Waals surface area contributed by atoms with Gasteiger partial charge in [-0.25, -0.2) is 0 Å². The molecule has 0 heterocycles. The van der Waals surface area contributed by atoms with Crippen LogP contribution in [0.15, 0.2) is 36.0 Å². The molecule has 0 aromatic carbocycles. The van der Waals surface area contributed by atoms with E-state index < -0.39 is 0 Å². The molecule has 0 atom stereocenters. The van der Waals surface area contributed by atoms with Crippen LogP contribution in [0.4, 0.5) is 0 Å². The summed E-state index contributed by atoms with van der Waals surface area (Å²) in [7, 11) is 0. The molecular formula is C14H24. The third-order valence-electron chi connectivity index (χ3n) is 2.34. The highest BCUT2D eigenvalue weighted by Gasteiger charge is 1.99. The maximum atomic E-state index is 4.03. The molecule has 0 saturated heterocycles. The maximum Gasteiger partial charge on any atom is -0.0222 e. The van der Waals surface area contributed by atoms with Crippen molar-refractivity contribution < 1.29 is 0 Å². The lowest BCUT2D eigenvalue weighted by Crippen LogP contribution is -1.92. The lowest BCUT2D eigenvalue weighted by molar-refractivity contribution is 0.778. The van der Waals surface area contributed by atoms with Gasteiger partial charge < -0.3 is 0 Å². The van der Waals surface area contributed by atoms with Gasteiger partial charge in [-0.2, -0.15) is 0 Å². The predicted octanol–water partition coefficient (Wildman–Crippen LogP) is 4.75. The molecule has 0 saturated carbocycles. The minimum atomic E-state index is 0.543. The molecule has 0 aliphatic carbocycles. The molecule has 0 N–H and O–H groups in total. The standard InChI is InChI=1S/C14H24/c1-7-8-14(12(4)5)10-9-13(6)11(2)3/h8-12H,6-7H2,1-5H3/b10-9-,14-8+. The largest absolute Gasteiger partial charge is 0.0956 e. The number of allylic oxidation sites excluding steroid dienone is 5. The van der Waals surface area contributed by atoms with Crippen LogP contribution in [0.5, 0.6) is 0 Å². The van der Waals surface area contributed by atoms with Crippen LogP contribution in [-0.4, -0.2) is 0 Å². The van der Waals surface area contributed by atoms with Crippen molar-refractivity contribution in [3.05, 3.63) is 36.0 Å². The van der Waals surface area contributed by atoms with Crippen molar-refractivity contribution in [2.24, 2.45) is 11.8 Å². The van der Waals surface area contributed by atoms with E-state index in [1.807, 2.05) is 0 Å². The van der Waals surface area contributed by atoms with Crippen molar-refractivity contribution in [1.82, 2.24) is 0 Å². The molecule has 0 aliphatic heterocycles. The Labute approximate surface area is 89.4 Å². The van der Waals surface area contributed by atoms with Gasteiger partial charge in [0.05, 0.1) is 0 Å². The second-order valence-corrected chi connectivity index (χ2v) is 4.33. The van der Waals surface area contributed by atoms with Gasteiger partial charge in [-0.1, -0.05) is 65.0 Å². The van der Waals surface area contributed by atoms with E-state index in [1.165, 1.54) is 11.1 Å². The summed E-state index contributed by atoms with van der Waals surface area (Å²) in [5, 5.41) is 0. The molecule has 0 spiro atoms. The first-order chi connectivity index (χ1) is 6.49. The highest BCUT2D eigenvalue weighted by Crippen LogP contribution is 2.15. The topological polar surface area (TPSA) is 0 Å². The van der Waals surface area contributed by atoms with E-state index in [0.717, 1.165) is 6.42 Å². The highest BCUT2D eigenvalue weighted by molar-refractivity contribution is 5.28. The summed E-state index contributed by atoms with van der Waals surface area (Å²) in [5.74, 6) is 1.15. The third-order valence-corrected chi connectivity index (χ3v) is 2.34. The zero-order valence-corrected chi connectivity index (χ0v) is 10.3. The highest BCUT2D eigenvalue weighted by atomic mass is 14.0. The Morgan fingerprint density at radius 3 is 2.00 bits per heavy atom. The molecule has 0 aromatic heterocycles. The molecule has 0 radical (unpaired) electrons. The predicted molar refractivity (Wildman–Crippen MR) is 66.3 cm³/mol. The molecule has 0 bridgehead atoms.